The Morgan fingerprint density at radius 1 is 0.778 bits per heavy atom. The van der Waals surface area contributed by atoms with E-state index in [0.29, 0.717) is 23.8 Å². The minimum Gasteiger partial charge on any atom is -0.399 e. The minimum absolute atomic E-state index is 0.0695. The van der Waals surface area contributed by atoms with Crippen LogP contribution in [0.2, 0.25) is 0 Å². The number of nitrogens with zero attached hydrogens (tertiary/aromatic N) is 2. The summed E-state index contributed by atoms with van der Waals surface area (Å²) in [6.07, 6.45) is 0.501. The van der Waals surface area contributed by atoms with Crippen LogP contribution < -0.4 is 9.05 Å². The Morgan fingerprint density at radius 2 is 1.22 bits per heavy atom. The second kappa shape index (κ2) is 11.8. The van der Waals surface area contributed by atoms with E-state index in [-0.39, 0.29) is 17.5 Å². The standard InChI is InChI=1S/C30H39N2O3P/c1-23(2)32(24(3)4)29(22-25-18-20-26(21-19-25)30(5,6)7)31-36(33,34-27-14-10-8-11-15-27)35-28-16-12-9-13-17-28/h8-21,23-24H,22H2,1-7H3/b31-29-. The first kappa shape index (κ1) is 27.5. The molecule has 3 rings (SSSR count). The third-order valence-electron chi connectivity index (χ3n) is 5.76. The Kier molecular flexibility index (Phi) is 9.03. The van der Waals surface area contributed by atoms with Gasteiger partial charge in [-0.05, 0) is 68.5 Å². The number of para-hydroxylation sites is 2. The van der Waals surface area contributed by atoms with Gasteiger partial charge in [0.15, 0.2) is 0 Å². The van der Waals surface area contributed by atoms with Gasteiger partial charge in [-0.25, -0.2) is 4.57 Å². The zero-order chi connectivity index (χ0) is 26.3. The zero-order valence-electron chi connectivity index (χ0n) is 22.5. The van der Waals surface area contributed by atoms with Crippen molar-refractivity contribution in [2.45, 2.75) is 72.4 Å². The van der Waals surface area contributed by atoms with Crippen LogP contribution in [0.5, 0.6) is 11.5 Å². The van der Waals surface area contributed by atoms with E-state index in [4.69, 9.17) is 13.8 Å². The van der Waals surface area contributed by atoms with Crippen LogP contribution >= 0.6 is 7.75 Å². The highest BCUT2D eigenvalue weighted by atomic mass is 31.2. The van der Waals surface area contributed by atoms with E-state index in [0.717, 1.165) is 5.56 Å². The highest BCUT2D eigenvalue weighted by Crippen LogP contribution is 2.50. The van der Waals surface area contributed by atoms with Gasteiger partial charge >= 0.3 is 7.75 Å². The van der Waals surface area contributed by atoms with E-state index >= 15 is 0 Å². The van der Waals surface area contributed by atoms with Gasteiger partial charge < -0.3 is 13.9 Å². The third kappa shape index (κ3) is 7.73. The van der Waals surface area contributed by atoms with Gasteiger partial charge in [0.25, 0.3) is 0 Å². The minimum atomic E-state index is -3.98. The molecule has 0 aliphatic heterocycles. The van der Waals surface area contributed by atoms with E-state index in [1.807, 2.05) is 36.4 Å². The van der Waals surface area contributed by atoms with E-state index in [1.54, 1.807) is 24.3 Å². The average Bonchev–Trinajstić information content (AvgIpc) is 2.79. The molecule has 3 aromatic rings. The van der Waals surface area contributed by atoms with Crippen molar-refractivity contribution < 1.29 is 13.6 Å². The van der Waals surface area contributed by atoms with Crippen LogP contribution in [-0.4, -0.2) is 22.8 Å². The first-order valence-electron chi connectivity index (χ1n) is 12.5. The van der Waals surface area contributed by atoms with Gasteiger partial charge in [-0.2, -0.15) is 0 Å². The molecule has 6 heteroatoms. The van der Waals surface area contributed by atoms with Crippen LogP contribution in [0, 0.1) is 0 Å². The van der Waals surface area contributed by atoms with Crippen LogP contribution in [-0.2, 0) is 16.4 Å². The maximum Gasteiger partial charge on any atom is 0.564 e. The molecule has 0 radical (unpaired) electrons. The molecule has 0 fully saturated rings. The number of benzene rings is 3. The van der Waals surface area contributed by atoms with Gasteiger partial charge in [0.05, 0.1) is 0 Å². The molecular weight excluding hydrogens is 467 g/mol. The van der Waals surface area contributed by atoms with E-state index in [1.165, 1.54) is 5.56 Å². The monoisotopic (exact) mass is 506 g/mol. The molecule has 36 heavy (non-hydrogen) atoms. The van der Waals surface area contributed by atoms with Crippen LogP contribution in [0.1, 0.15) is 59.6 Å². The van der Waals surface area contributed by atoms with Gasteiger partial charge in [0, 0.05) is 18.5 Å². The summed E-state index contributed by atoms with van der Waals surface area (Å²) in [7, 11) is -3.98. The zero-order valence-corrected chi connectivity index (χ0v) is 23.4. The van der Waals surface area contributed by atoms with Gasteiger partial charge in [0.1, 0.15) is 17.3 Å². The number of hydrogen-bond acceptors (Lipinski definition) is 3. The van der Waals surface area contributed by atoms with Gasteiger partial charge in [-0.1, -0.05) is 81.4 Å². The highest BCUT2D eigenvalue weighted by Gasteiger charge is 2.32. The summed E-state index contributed by atoms with van der Waals surface area (Å²) >= 11 is 0. The molecule has 0 bridgehead atoms. The first-order valence-corrected chi connectivity index (χ1v) is 14.0. The molecule has 0 saturated heterocycles. The van der Waals surface area contributed by atoms with Crippen molar-refractivity contribution in [3.63, 3.8) is 0 Å². The molecule has 0 spiro atoms. The predicted octanol–water partition coefficient (Wildman–Crippen LogP) is 8.31. The van der Waals surface area contributed by atoms with Crippen molar-refractivity contribution in [2.75, 3.05) is 0 Å². The third-order valence-corrected chi connectivity index (χ3v) is 7.12. The fourth-order valence-corrected chi connectivity index (χ4v) is 5.46. The molecule has 0 aliphatic carbocycles. The Morgan fingerprint density at radius 3 is 1.61 bits per heavy atom. The second-order valence-corrected chi connectivity index (χ2v) is 12.0. The SMILES string of the molecule is CC(C)N(/C(Cc1ccc(C(C)(C)C)cc1)=N\P(=O)(Oc1ccccc1)Oc1ccccc1)C(C)C. The molecule has 3 aromatic carbocycles. The van der Waals surface area contributed by atoms with Gasteiger partial charge in [-0.15, -0.1) is 4.76 Å². The number of rotatable bonds is 9. The average molecular weight is 507 g/mol. The summed E-state index contributed by atoms with van der Waals surface area (Å²) in [6, 6.07) is 26.9. The van der Waals surface area contributed by atoms with Crippen LogP contribution in [0.25, 0.3) is 0 Å². The second-order valence-electron chi connectivity index (χ2n) is 10.5. The molecule has 0 unspecified atom stereocenters. The summed E-state index contributed by atoms with van der Waals surface area (Å²) in [6.45, 7) is 15.0. The van der Waals surface area contributed by atoms with Crippen molar-refractivity contribution in [2.24, 2.45) is 4.76 Å². The van der Waals surface area contributed by atoms with E-state index in [9.17, 15) is 4.57 Å². The maximum atomic E-state index is 14.2. The summed E-state index contributed by atoms with van der Waals surface area (Å²) in [5, 5.41) is 0. The molecule has 192 valence electrons. The lowest BCUT2D eigenvalue weighted by molar-refractivity contribution is 0.287. The maximum absolute atomic E-state index is 14.2. The lowest BCUT2D eigenvalue weighted by atomic mass is 9.86. The molecule has 0 atom stereocenters. The Labute approximate surface area is 216 Å². The summed E-state index contributed by atoms with van der Waals surface area (Å²) < 4.78 is 30.9. The van der Waals surface area contributed by atoms with Crippen LogP contribution in [0.4, 0.5) is 0 Å². The summed E-state index contributed by atoms with van der Waals surface area (Å²) in [5.74, 6) is 1.55. The summed E-state index contributed by atoms with van der Waals surface area (Å²) in [4.78, 5) is 2.17. The Bertz CT molecular complexity index is 1110. The van der Waals surface area contributed by atoms with Crippen molar-refractivity contribution in [3.8, 4) is 11.5 Å². The first-order chi connectivity index (χ1) is 17.0. The van der Waals surface area contributed by atoms with E-state index < -0.39 is 7.75 Å². The topological polar surface area (TPSA) is 51.1 Å². The normalized spacial score (nSPS) is 12.6. The van der Waals surface area contributed by atoms with Gasteiger partial charge in [-0.3, -0.25) is 0 Å². The molecule has 0 heterocycles. The molecule has 0 aromatic heterocycles. The lowest BCUT2D eigenvalue weighted by Gasteiger charge is -2.34. The summed E-state index contributed by atoms with van der Waals surface area (Å²) in [5.41, 5.74) is 2.42. The molecular formula is C30H39N2O3P. The number of hydrogen-bond donors (Lipinski definition) is 0. The molecule has 0 saturated carbocycles. The number of amidine groups is 1. The fraction of sp³-hybridized carbons (Fsp3) is 0.367. The van der Waals surface area contributed by atoms with Crippen molar-refractivity contribution in [1.82, 2.24) is 4.90 Å². The highest BCUT2D eigenvalue weighted by molar-refractivity contribution is 7.53. The Hall–Kier alpha value is -3.04. The van der Waals surface area contributed by atoms with Crippen LogP contribution in [0.15, 0.2) is 89.7 Å². The predicted molar refractivity (Wildman–Crippen MR) is 150 cm³/mol. The van der Waals surface area contributed by atoms with Crippen molar-refractivity contribution in [1.29, 1.82) is 0 Å². The molecule has 0 N–H and O–H groups in total. The van der Waals surface area contributed by atoms with Gasteiger partial charge in [0.2, 0.25) is 0 Å². The van der Waals surface area contributed by atoms with E-state index in [2.05, 4.69) is 77.6 Å². The lowest BCUT2D eigenvalue weighted by Crippen LogP contribution is -2.43. The smallest absolute Gasteiger partial charge is 0.399 e. The Balaban J connectivity index is 2.07. The van der Waals surface area contributed by atoms with Crippen LogP contribution in [0.3, 0.4) is 0 Å². The van der Waals surface area contributed by atoms with Crippen molar-refractivity contribution >= 4 is 13.6 Å². The molecule has 0 aliphatic rings. The molecule has 5 nitrogen and oxygen atoms in total. The largest absolute Gasteiger partial charge is 0.564 e. The van der Waals surface area contributed by atoms with Crippen molar-refractivity contribution in [3.05, 3.63) is 96.1 Å². The fourth-order valence-electron chi connectivity index (χ4n) is 4.11. The quantitative estimate of drug-likeness (QED) is 0.166. The molecule has 0 amide bonds.